The van der Waals surface area contributed by atoms with Crippen LogP contribution in [0.3, 0.4) is 0 Å². The topological polar surface area (TPSA) is 59.6 Å². The largest absolute Gasteiger partial charge is 0.483 e. The summed E-state index contributed by atoms with van der Waals surface area (Å²) in [5.41, 5.74) is 7.33. The molecular weight excluding hydrogens is 202 g/mol. The zero-order valence-corrected chi connectivity index (χ0v) is 9.49. The Morgan fingerprint density at radius 2 is 2.38 bits per heavy atom. The molecule has 0 aromatic heterocycles. The molecule has 2 rings (SSSR count). The highest BCUT2D eigenvalue weighted by Gasteiger charge is 2.13. The Kier molecular flexibility index (Phi) is 3.29. The van der Waals surface area contributed by atoms with E-state index in [0.717, 1.165) is 36.7 Å². The fourth-order valence-corrected chi connectivity index (χ4v) is 1.56. The van der Waals surface area contributed by atoms with Crippen molar-refractivity contribution < 1.29 is 4.74 Å². The molecule has 1 aliphatic rings. The fourth-order valence-electron chi connectivity index (χ4n) is 1.56. The normalized spacial score (nSPS) is 16.4. The first kappa shape index (κ1) is 10.8. The van der Waals surface area contributed by atoms with Crippen LogP contribution in [0.5, 0.6) is 5.75 Å². The molecule has 0 saturated carbocycles. The van der Waals surface area contributed by atoms with E-state index in [-0.39, 0.29) is 0 Å². The lowest BCUT2D eigenvalue weighted by molar-refractivity contribution is 0.372. The molecule has 16 heavy (non-hydrogen) atoms. The van der Waals surface area contributed by atoms with Crippen LogP contribution in [0, 0.1) is 0 Å². The third-order valence-electron chi connectivity index (χ3n) is 2.46. The molecule has 1 heterocycles. The van der Waals surface area contributed by atoms with E-state index in [1.807, 2.05) is 18.2 Å². The van der Waals surface area contributed by atoms with Crippen LogP contribution in [0.15, 0.2) is 23.2 Å². The van der Waals surface area contributed by atoms with Crippen molar-refractivity contribution in [2.75, 3.05) is 24.2 Å². The van der Waals surface area contributed by atoms with E-state index >= 15 is 0 Å². The van der Waals surface area contributed by atoms with E-state index in [0.29, 0.717) is 12.3 Å². The molecule has 0 amide bonds. The Labute approximate surface area is 95.5 Å². The second kappa shape index (κ2) is 4.88. The number of fused-ring (bicyclic) bond motifs is 1. The number of unbranched alkanes of at least 4 members (excludes halogenated alkanes) is 1. The first-order chi connectivity index (χ1) is 7.79. The lowest BCUT2D eigenvalue weighted by Gasteiger charge is -2.21. The Balaban J connectivity index is 2.06. The van der Waals surface area contributed by atoms with Gasteiger partial charge in [-0.05, 0) is 18.6 Å². The molecule has 0 spiro atoms. The smallest absolute Gasteiger partial charge is 0.146 e. The van der Waals surface area contributed by atoms with E-state index < -0.39 is 0 Å². The van der Waals surface area contributed by atoms with Crippen LogP contribution in [-0.4, -0.2) is 19.0 Å². The summed E-state index contributed by atoms with van der Waals surface area (Å²) in [4.78, 5) is 4.44. The van der Waals surface area contributed by atoms with Gasteiger partial charge in [-0.2, -0.15) is 0 Å². The molecule has 3 N–H and O–H groups in total. The average molecular weight is 219 g/mol. The van der Waals surface area contributed by atoms with E-state index in [4.69, 9.17) is 10.5 Å². The number of anilines is 2. The van der Waals surface area contributed by atoms with Gasteiger partial charge in [0.2, 0.25) is 0 Å². The first-order valence-electron chi connectivity index (χ1n) is 5.62. The van der Waals surface area contributed by atoms with Crippen molar-refractivity contribution >= 4 is 17.2 Å². The van der Waals surface area contributed by atoms with Gasteiger partial charge >= 0.3 is 0 Å². The maximum absolute atomic E-state index is 5.68. The van der Waals surface area contributed by atoms with Crippen LogP contribution in [0.4, 0.5) is 11.4 Å². The number of ether oxygens (including phenoxy) is 1. The Bertz CT molecular complexity index is 401. The molecule has 1 aromatic rings. The third-order valence-corrected chi connectivity index (χ3v) is 2.46. The van der Waals surface area contributed by atoms with E-state index in [1.54, 1.807) is 0 Å². The van der Waals surface area contributed by atoms with Gasteiger partial charge < -0.3 is 15.8 Å². The number of hydrogen-bond donors (Lipinski definition) is 2. The highest BCUT2D eigenvalue weighted by atomic mass is 16.5. The maximum Gasteiger partial charge on any atom is 0.146 e. The number of nitrogen functional groups attached to an aromatic ring is 1. The SMILES string of the molecule is CCCCN=C1COc2cc(N)ccc2N1. The van der Waals surface area contributed by atoms with Gasteiger partial charge in [0, 0.05) is 18.3 Å². The molecule has 1 aliphatic heterocycles. The van der Waals surface area contributed by atoms with Crippen molar-refractivity contribution in [2.45, 2.75) is 19.8 Å². The molecule has 1 aromatic carbocycles. The Hall–Kier alpha value is -1.71. The molecule has 0 saturated heterocycles. The molecule has 86 valence electrons. The number of nitrogens with two attached hydrogens (primary N) is 1. The third kappa shape index (κ3) is 2.45. The number of hydrogen-bond acceptors (Lipinski definition) is 3. The van der Waals surface area contributed by atoms with Gasteiger partial charge in [-0.25, -0.2) is 0 Å². The van der Waals surface area contributed by atoms with Crippen molar-refractivity contribution in [3.8, 4) is 5.75 Å². The van der Waals surface area contributed by atoms with Crippen molar-refractivity contribution in [1.82, 2.24) is 0 Å². The summed E-state index contributed by atoms with van der Waals surface area (Å²) in [6.45, 7) is 3.51. The van der Waals surface area contributed by atoms with Gasteiger partial charge in [0.1, 0.15) is 18.2 Å². The standard InChI is InChI=1S/C12H17N3O/c1-2-3-6-14-12-8-16-11-7-9(13)4-5-10(11)15-12/h4-5,7H,2-3,6,8,13H2,1H3,(H,14,15). The minimum absolute atomic E-state index is 0.500. The highest BCUT2D eigenvalue weighted by molar-refractivity contribution is 5.99. The van der Waals surface area contributed by atoms with Crippen LogP contribution < -0.4 is 15.8 Å². The van der Waals surface area contributed by atoms with Gasteiger partial charge in [-0.1, -0.05) is 13.3 Å². The molecule has 0 radical (unpaired) electrons. The van der Waals surface area contributed by atoms with Crippen LogP contribution in [0.2, 0.25) is 0 Å². The van der Waals surface area contributed by atoms with Gasteiger partial charge in [-0.15, -0.1) is 0 Å². The van der Waals surface area contributed by atoms with Gasteiger partial charge in [0.15, 0.2) is 0 Å². The quantitative estimate of drug-likeness (QED) is 0.605. The van der Waals surface area contributed by atoms with Crippen LogP contribution in [0.25, 0.3) is 0 Å². The average Bonchev–Trinajstić information content (AvgIpc) is 2.29. The number of rotatable bonds is 3. The molecule has 0 aliphatic carbocycles. The maximum atomic E-state index is 5.68. The van der Waals surface area contributed by atoms with E-state index in [1.165, 1.54) is 0 Å². The predicted octanol–water partition coefficient (Wildman–Crippen LogP) is 2.27. The zero-order valence-electron chi connectivity index (χ0n) is 9.49. The number of aliphatic imine (C=N–C) groups is 1. The lowest BCUT2D eigenvalue weighted by atomic mass is 10.2. The van der Waals surface area contributed by atoms with Gasteiger partial charge in [-0.3, -0.25) is 4.99 Å². The summed E-state index contributed by atoms with van der Waals surface area (Å²) >= 11 is 0. The lowest BCUT2D eigenvalue weighted by Crippen LogP contribution is -2.26. The number of nitrogens with zero attached hydrogens (tertiary/aromatic N) is 1. The minimum Gasteiger partial charge on any atom is -0.483 e. The van der Waals surface area contributed by atoms with Crippen molar-refractivity contribution in [1.29, 1.82) is 0 Å². The Morgan fingerprint density at radius 3 is 3.19 bits per heavy atom. The monoisotopic (exact) mass is 219 g/mol. The van der Waals surface area contributed by atoms with Crippen molar-refractivity contribution in [3.63, 3.8) is 0 Å². The predicted molar refractivity (Wildman–Crippen MR) is 67.2 cm³/mol. The molecule has 0 unspecified atom stereocenters. The molecule has 0 atom stereocenters. The minimum atomic E-state index is 0.500. The molecular formula is C12H17N3O. The summed E-state index contributed by atoms with van der Waals surface area (Å²) < 4.78 is 5.57. The molecule has 4 nitrogen and oxygen atoms in total. The summed E-state index contributed by atoms with van der Waals surface area (Å²) in [5, 5.41) is 3.25. The Morgan fingerprint density at radius 1 is 1.50 bits per heavy atom. The second-order valence-corrected chi connectivity index (χ2v) is 3.85. The molecule has 0 bridgehead atoms. The second-order valence-electron chi connectivity index (χ2n) is 3.85. The van der Waals surface area contributed by atoms with E-state index in [2.05, 4.69) is 17.2 Å². The van der Waals surface area contributed by atoms with Crippen molar-refractivity contribution in [3.05, 3.63) is 18.2 Å². The zero-order chi connectivity index (χ0) is 11.4. The first-order valence-corrected chi connectivity index (χ1v) is 5.62. The summed E-state index contributed by atoms with van der Waals surface area (Å²) in [7, 11) is 0. The number of amidine groups is 1. The van der Waals surface area contributed by atoms with Crippen molar-refractivity contribution in [2.24, 2.45) is 4.99 Å². The number of nitrogens with one attached hydrogen (secondary N) is 1. The number of benzene rings is 1. The fraction of sp³-hybridized carbons (Fsp3) is 0.417. The summed E-state index contributed by atoms with van der Waals surface area (Å²) in [6, 6.07) is 5.59. The van der Waals surface area contributed by atoms with Crippen LogP contribution in [0.1, 0.15) is 19.8 Å². The summed E-state index contributed by atoms with van der Waals surface area (Å²) in [6.07, 6.45) is 2.27. The van der Waals surface area contributed by atoms with Crippen LogP contribution >= 0.6 is 0 Å². The van der Waals surface area contributed by atoms with Crippen LogP contribution in [-0.2, 0) is 0 Å². The van der Waals surface area contributed by atoms with Gasteiger partial charge in [0.25, 0.3) is 0 Å². The highest BCUT2D eigenvalue weighted by Crippen LogP contribution is 2.29. The van der Waals surface area contributed by atoms with E-state index in [9.17, 15) is 0 Å². The molecule has 4 heteroatoms. The summed E-state index contributed by atoms with van der Waals surface area (Å²) in [5.74, 6) is 1.69. The van der Waals surface area contributed by atoms with Gasteiger partial charge in [0.05, 0.1) is 5.69 Å². The molecule has 0 fully saturated rings.